The van der Waals surface area contributed by atoms with Crippen LogP contribution in [0.4, 0.5) is 0 Å². The van der Waals surface area contributed by atoms with Crippen molar-refractivity contribution in [3.8, 4) is 0 Å². The molecule has 4 heteroatoms. The van der Waals surface area contributed by atoms with Gasteiger partial charge < -0.3 is 5.11 Å². The van der Waals surface area contributed by atoms with Gasteiger partial charge in [0.2, 0.25) is 10.1 Å². The Bertz CT molecular complexity index is 349. The fourth-order valence-corrected chi connectivity index (χ4v) is 1.82. The summed E-state index contributed by atoms with van der Waals surface area (Å²) < 4.78 is -1.77. The number of carbonyl (C=O) groups is 1. The van der Waals surface area contributed by atoms with Gasteiger partial charge in [-0.1, -0.05) is 66.9 Å². The maximum atomic E-state index is 12.0. The van der Waals surface area contributed by atoms with E-state index < -0.39 is 16.2 Å². The SMILES string of the molecule is CCC[C@@H](O)C(Cl)(Cl)C(=O)c1ccccc1. The summed E-state index contributed by atoms with van der Waals surface area (Å²) in [6.45, 7) is 1.89. The van der Waals surface area contributed by atoms with Crippen molar-refractivity contribution in [3.63, 3.8) is 0 Å². The third-order valence-corrected chi connectivity index (χ3v) is 3.17. The van der Waals surface area contributed by atoms with Crippen molar-refractivity contribution in [2.24, 2.45) is 0 Å². The van der Waals surface area contributed by atoms with Crippen molar-refractivity contribution in [2.75, 3.05) is 0 Å². The van der Waals surface area contributed by atoms with Crippen molar-refractivity contribution in [3.05, 3.63) is 35.9 Å². The maximum absolute atomic E-state index is 12.0. The van der Waals surface area contributed by atoms with E-state index in [2.05, 4.69) is 0 Å². The van der Waals surface area contributed by atoms with E-state index in [-0.39, 0.29) is 0 Å². The van der Waals surface area contributed by atoms with E-state index in [0.29, 0.717) is 18.4 Å². The Morgan fingerprint density at radius 2 is 1.94 bits per heavy atom. The summed E-state index contributed by atoms with van der Waals surface area (Å²) in [4.78, 5) is 12.0. The third kappa shape index (κ3) is 2.97. The molecule has 0 amide bonds. The molecular weight excluding hydrogens is 247 g/mol. The zero-order chi connectivity index (χ0) is 12.2. The first-order valence-electron chi connectivity index (χ1n) is 5.16. The van der Waals surface area contributed by atoms with Crippen LogP contribution in [0.25, 0.3) is 0 Å². The molecule has 0 aliphatic carbocycles. The van der Waals surface area contributed by atoms with E-state index in [9.17, 15) is 9.90 Å². The molecule has 1 rings (SSSR count). The second kappa shape index (κ2) is 5.67. The lowest BCUT2D eigenvalue weighted by molar-refractivity contribution is 0.0835. The summed E-state index contributed by atoms with van der Waals surface area (Å²) in [5, 5.41) is 9.72. The lowest BCUT2D eigenvalue weighted by Gasteiger charge is -2.24. The average Bonchev–Trinajstić information content (AvgIpc) is 2.29. The molecule has 16 heavy (non-hydrogen) atoms. The van der Waals surface area contributed by atoms with Gasteiger partial charge in [0.25, 0.3) is 0 Å². The molecule has 1 N–H and O–H groups in total. The number of carbonyl (C=O) groups excluding carboxylic acids is 1. The van der Waals surface area contributed by atoms with Gasteiger partial charge in [-0.05, 0) is 6.42 Å². The van der Waals surface area contributed by atoms with Crippen LogP contribution in [0, 0.1) is 0 Å². The Balaban J connectivity index is 2.88. The van der Waals surface area contributed by atoms with E-state index >= 15 is 0 Å². The fourth-order valence-electron chi connectivity index (χ4n) is 1.39. The molecule has 0 spiro atoms. The number of halogens is 2. The minimum Gasteiger partial charge on any atom is -0.389 e. The summed E-state index contributed by atoms with van der Waals surface area (Å²) >= 11 is 11.8. The van der Waals surface area contributed by atoms with Crippen molar-refractivity contribution < 1.29 is 9.90 Å². The number of alkyl halides is 2. The molecule has 0 saturated carbocycles. The average molecular weight is 261 g/mol. The minimum atomic E-state index is -1.77. The van der Waals surface area contributed by atoms with Crippen molar-refractivity contribution in [2.45, 2.75) is 30.2 Å². The number of hydrogen-bond acceptors (Lipinski definition) is 2. The summed E-state index contributed by atoms with van der Waals surface area (Å²) in [5.74, 6) is -0.461. The van der Waals surface area contributed by atoms with Gasteiger partial charge in [0.05, 0.1) is 6.10 Å². The van der Waals surface area contributed by atoms with Gasteiger partial charge in [-0.25, -0.2) is 0 Å². The number of hydrogen-bond donors (Lipinski definition) is 1. The quantitative estimate of drug-likeness (QED) is 0.652. The smallest absolute Gasteiger partial charge is 0.205 e. The highest BCUT2D eigenvalue weighted by Crippen LogP contribution is 2.32. The normalized spacial score (nSPS) is 13.5. The number of benzene rings is 1. The van der Waals surface area contributed by atoms with E-state index in [0.717, 1.165) is 0 Å². The van der Waals surface area contributed by atoms with Crippen LogP contribution in [-0.4, -0.2) is 21.3 Å². The van der Waals surface area contributed by atoms with E-state index in [1.807, 2.05) is 6.92 Å². The van der Waals surface area contributed by atoms with Gasteiger partial charge in [0.15, 0.2) is 0 Å². The predicted molar refractivity (Wildman–Crippen MR) is 66.1 cm³/mol. The zero-order valence-electron chi connectivity index (χ0n) is 8.99. The van der Waals surface area contributed by atoms with Gasteiger partial charge in [0.1, 0.15) is 0 Å². The largest absolute Gasteiger partial charge is 0.389 e. The van der Waals surface area contributed by atoms with Crippen molar-refractivity contribution in [1.82, 2.24) is 0 Å². The van der Waals surface area contributed by atoms with Gasteiger partial charge in [-0.2, -0.15) is 0 Å². The fraction of sp³-hybridized carbons (Fsp3) is 0.417. The number of rotatable bonds is 5. The number of aliphatic hydroxyl groups is 1. The first-order valence-corrected chi connectivity index (χ1v) is 5.91. The molecule has 0 heterocycles. The molecule has 0 aromatic heterocycles. The lowest BCUT2D eigenvalue weighted by atomic mass is 10.0. The van der Waals surface area contributed by atoms with Crippen molar-refractivity contribution in [1.29, 1.82) is 0 Å². The highest BCUT2D eigenvalue weighted by atomic mass is 35.5. The molecule has 0 bridgehead atoms. The van der Waals surface area contributed by atoms with E-state index in [4.69, 9.17) is 23.2 Å². The molecule has 1 atom stereocenters. The van der Waals surface area contributed by atoms with Gasteiger partial charge in [0, 0.05) is 5.56 Å². The Morgan fingerprint density at radius 3 is 2.44 bits per heavy atom. The number of Topliss-reactive ketones (excluding diaryl/α,β-unsaturated/α-hetero) is 1. The van der Waals surface area contributed by atoms with Gasteiger partial charge >= 0.3 is 0 Å². The molecule has 0 aliphatic rings. The lowest BCUT2D eigenvalue weighted by Crippen LogP contribution is -2.39. The Hall–Kier alpha value is -0.570. The molecule has 1 aromatic rings. The Kier molecular flexibility index (Phi) is 4.78. The van der Waals surface area contributed by atoms with Crippen LogP contribution in [-0.2, 0) is 0 Å². The van der Waals surface area contributed by atoms with Crippen LogP contribution >= 0.6 is 23.2 Å². The van der Waals surface area contributed by atoms with Gasteiger partial charge in [-0.3, -0.25) is 4.79 Å². The highest BCUT2D eigenvalue weighted by molar-refractivity contribution is 6.60. The molecule has 0 saturated heterocycles. The summed E-state index contributed by atoms with van der Waals surface area (Å²) in [5.41, 5.74) is 0.405. The zero-order valence-corrected chi connectivity index (χ0v) is 10.5. The topological polar surface area (TPSA) is 37.3 Å². The maximum Gasteiger partial charge on any atom is 0.205 e. The summed E-state index contributed by atoms with van der Waals surface area (Å²) in [7, 11) is 0. The van der Waals surface area contributed by atoms with Crippen LogP contribution in [0.5, 0.6) is 0 Å². The molecule has 1 aromatic carbocycles. The second-order valence-electron chi connectivity index (χ2n) is 3.62. The first kappa shape index (κ1) is 13.5. The van der Waals surface area contributed by atoms with E-state index in [1.165, 1.54) is 0 Å². The standard InChI is InChI=1S/C12H14Cl2O2/c1-2-6-10(15)12(13,14)11(16)9-7-4-3-5-8-9/h3-5,7-8,10,15H,2,6H2,1H3/t10-/m1/s1. The van der Waals surface area contributed by atoms with Crippen LogP contribution in [0.2, 0.25) is 0 Å². The molecule has 88 valence electrons. The molecule has 0 radical (unpaired) electrons. The Labute approximate surface area is 105 Å². The molecule has 2 nitrogen and oxygen atoms in total. The molecule has 0 fully saturated rings. The molecular formula is C12H14Cl2O2. The van der Waals surface area contributed by atoms with Crippen LogP contribution in [0.1, 0.15) is 30.1 Å². The van der Waals surface area contributed by atoms with E-state index in [1.54, 1.807) is 30.3 Å². The van der Waals surface area contributed by atoms with Crippen molar-refractivity contribution >= 4 is 29.0 Å². The highest BCUT2D eigenvalue weighted by Gasteiger charge is 2.41. The number of ketones is 1. The molecule has 0 aliphatic heterocycles. The van der Waals surface area contributed by atoms with Crippen LogP contribution in [0.3, 0.4) is 0 Å². The third-order valence-electron chi connectivity index (χ3n) is 2.32. The van der Waals surface area contributed by atoms with Crippen LogP contribution < -0.4 is 0 Å². The monoisotopic (exact) mass is 260 g/mol. The summed E-state index contributed by atoms with van der Waals surface area (Å²) in [6.07, 6.45) is 0.0595. The Morgan fingerprint density at radius 1 is 1.38 bits per heavy atom. The predicted octanol–water partition coefficient (Wildman–Crippen LogP) is 3.20. The minimum absolute atomic E-state index is 0.394. The van der Waals surface area contributed by atoms with Gasteiger partial charge in [-0.15, -0.1) is 0 Å². The summed E-state index contributed by atoms with van der Waals surface area (Å²) in [6, 6.07) is 8.50. The number of aliphatic hydroxyl groups excluding tert-OH is 1. The first-order chi connectivity index (χ1) is 7.50. The van der Waals surface area contributed by atoms with Crippen LogP contribution in [0.15, 0.2) is 30.3 Å². The molecule has 0 unspecified atom stereocenters. The second-order valence-corrected chi connectivity index (χ2v) is 5.01.